The second-order valence-corrected chi connectivity index (χ2v) is 6.56. The monoisotopic (exact) mass is 292 g/mol. The molecule has 1 atom stereocenters. The highest BCUT2D eigenvalue weighted by atomic mass is 16.1. The van der Waals surface area contributed by atoms with Crippen molar-refractivity contribution in [2.45, 2.75) is 51.4 Å². The zero-order chi connectivity index (χ0) is 15.0. The standard InChI is InChI=1S/C14H24N6O/c1-10(2)17-14(13(15)21,11-3-4-11)8-19-5-6-20-9-16-18-12(20)7-19/h9-11,17H,3-8H2,1-2H3,(H2,15,21). The molecule has 7 nitrogen and oxygen atoms in total. The summed E-state index contributed by atoms with van der Waals surface area (Å²) >= 11 is 0. The second-order valence-electron chi connectivity index (χ2n) is 6.56. The minimum atomic E-state index is -0.615. The number of rotatable bonds is 6. The Hall–Kier alpha value is -1.47. The Labute approximate surface area is 124 Å². The topological polar surface area (TPSA) is 89.1 Å². The van der Waals surface area contributed by atoms with E-state index in [-0.39, 0.29) is 11.9 Å². The van der Waals surface area contributed by atoms with Gasteiger partial charge in [0.05, 0.1) is 6.54 Å². The number of hydrogen-bond acceptors (Lipinski definition) is 5. The number of carbonyl (C=O) groups excluding carboxylic acids is 1. The van der Waals surface area contributed by atoms with Gasteiger partial charge in [-0.05, 0) is 32.6 Å². The van der Waals surface area contributed by atoms with Crippen molar-refractivity contribution in [3.63, 3.8) is 0 Å². The van der Waals surface area contributed by atoms with Gasteiger partial charge in [-0.3, -0.25) is 15.0 Å². The number of primary amides is 1. The van der Waals surface area contributed by atoms with E-state index in [9.17, 15) is 4.79 Å². The van der Waals surface area contributed by atoms with Crippen LogP contribution in [0.3, 0.4) is 0 Å². The van der Waals surface area contributed by atoms with Crippen molar-refractivity contribution in [1.29, 1.82) is 0 Å². The normalized spacial score (nSPS) is 22.0. The maximum Gasteiger partial charge on any atom is 0.239 e. The molecule has 0 bridgehead atoms. The summed E-state index contributed by atoms with van der Waals surface area (Å²) in [4.78, 5) is 14.5. The minimum absolute atomic E-state index is 0.228. The highest BCUT2D eigenvalue weighted by molar-refractivity contribution is 5.86. The Bertz CT molecular complexity index is 523. The van der Waals surface area contributed by atoms with Crippen LogP contribution in [0, 0.1) is 5.92 Å². The van der Waals surface area contributed by atoms with Crippen molar-refractivity contribution in [2.75, 3.05) is 13.1 Å². The van der Waals surface area contributed by atoms with Crippen LogP contribution in [0.15, 0.2) is 6.33 Å². The molecule has 1 amide bonds. The van der Waals surface area contributed by atoms with Gasteiger partial charge in [-0.25, -0.2) is 0 Å². The summed E-state index contributed by atoms with van der Waals surface area (Å²) < 4.78 is 2.06. The van der Waals surface area contributed by atoms with E-state index in [1.165, 1.54) is 0 Å². The molecule has 1 aliphatic carbocycles. The molecule has 0 spiro atoms. The largest absolute Gasteiger partial charge is 0.368 e. The maximum atomic E-state index is 12.2. The predicted octanol–water partition coefficient (Wildman–Crippen LogP) is -0.274. The lowest BCUT2D eigenvalue weighted by Crippen LogP contribution is -2.65. The van der Waals surface area contributed by atoms with E-state index in [1.54, 1.807) is 6.33 Å². The van der Waals surface area contributed by atoms with Crippen LogP contribution < -0.4 is 11.1 Å². The lowest BCUT2D eigenvalue weighted by molar-refractivity contribution is -0.126. The summed E-state index contributed by atoms with van der Waals surface area (Å²) in [5.74, 6) is 1.09. The highest BCUT2D eigenvalue weighted by Crippen LogP contribution is 2.40. The number of fused-ring (bicyclic) bond motifs is 1. The van der Waals surface area contributed by atoms with Gasteiger partial charge in [0.1, 0.15) is 17.7 Å². The van der Waals surface area contributed by atoms with Crippen LogP contribution in [0.1, 0.15) is 32.5 Å². The number of aromatic nitrogens is 3. The molecule has 1 fully saturated rings. The average molecular weight is 292 g/mol. The van der Waals surface area contributed by atoms with Gasteiger partial charge in [-0.15, -0.1) is 10.2 Å². The highest BCUT2D eigenvalue weighted by Gasteiger charge is 2.51. The van der Waals surface area contributed by atoms with Crippen molar-refractivity contribution in [3.8, 4) is 0 Å². The minimum Gasteiger partial charge on any atom is -0.368 e. The van der Waals surface area contributed by atoms with E-state index in [4.69, 9.17) is 5.73 Å². The molecule has 1 aromatic rings. The van der Waals surface area contributed by atoms with Gasteiger partial charge in [-0.2, -0.15) is 0 Å². The molecule has 2 heterocycles. The van der Waals surface area contributed by atoms with E-state index < -0.39 is 5.54 Å². The molecule has 1 unspecified atom stereocenters. The van der Waals surface area contributed by atoms with E-state index in [1.807, 2.05) is 0 Å². The van der Waals surface area contributed by atoms with Gasteiger partial charge in [0.2, 0.25) is 5.91 Å². The van der Waals surface area contributed by atoms with Gasteiger partial charge >= 0.3 is 0 Å². The van der Waals surface area contributed by atoms with E-state index >= 15 is 0 Å². The van der Waals surface area contributed by atoms with Crippen LogP contribution in [0.4, 0.5) is 0 Å². The zero-order valence-corrected chi connectivity index (χ0v) is 12.7. The lowest BCUT2D eigenvalue weighted by Gasteiger charge is -2.39. The molecule has 0 aromatic carbocycles. The smallest absolute Gasteiger partial charge is 0.239 e. The third-order valence-corrected chi connectivity index (χ3v) is 4.45. The molecule has 7 heteroatoms. The second kappa shape index (κ2) is 5.38. The number of amides is 1. The Morgan fingerprint density at radius 3 is 2.90 bits per heavy atom. The number of nitrogens with two attached hydrogens (primary N) is 1. The zero-order valence-electron chi connectivity index (χ0n) is 12.7. The van der Waals surface area contributed by atoms with Crippen LogP contribution in [0.5, 0.6) is 0 Å². The first-order valence-corrected chi connectivity index (χ1v) is 7.68. The van der Waals surface area contributed by atoms with Crippen LogP contribution >= 0.6 is 0 Å². The van der Waals surface area contributed by atoms with Crippen molar-refractivity contribution >= 4 is 5.91 Å². The fourth-order valence-electron chi connectivity index (χ4n) is 3.34. The Morgan fingerprint density at radius 1 is 1.52 bits per heavy atom. The van der Waals surface area contributed by atoms with Crippen molar-refractivity contribution in [2.24, 2.45) is 11.7 Å². The summed E-state index contributed by atoms with van der Waals surface area (Å²) in [6, 6.07) is 0.228. The van der Waals surface area contributed by atoms with Crippen LogP contribution in [0.25, 0.3) is 0 Å². The molecule has 1 aliphatic heterocycles. The van der Waals surface area contributed by atoms with Crippen LogP contribution in [-0.4, -0.2) is 50.2 Å². The number of hydrogen-bond donors (Lipinski definition) is 2. The summed E-state index contributed by atoms with van der Waals surface area (Å²) in [6.45, 7) is 7.26. The van der Waals surface area contributed by atoms with Gasteiger partial charge in [-0.1, -0.05) is 0 Å². The van der Waals surface area contributed by atoms with E-state index in [2.05, 4.69) is 38.8 Å². The fourth-order valence-corrected chi connectivity index (χ4v) is 3.34. The Balaban J connectivity index is 1.77. The van der Waals surface area contributed by atoms with Gasteiger partial charge in [0, 0.05) is 25.7 Å². The quantitative estimate of drug-likeness (QED) is 0.753. The molecular weight excluding hydrogens is 268 g/mol. The molecule has 3 rings (SSSR count). The maximum absolute atomic E-state index is 12.2. The molecule has 0 saturated heterocycles. The molecule has 2 aliphatic rings. The molecule has 3 N–H and O–H groups in total. The predicted molar refractivity (Wildman–Crippen MR) is 78.2 cm³/mol. The average Bonchev–Trinajstić information content (AvgIpc) is 3.16. The summed E-state index contributed by atoms with van der Waals surface area (Å²) in [7, 11) is 0. The van der Waals surface area contributed by atoms with E-state index in [0.29, 0.717) is 12.5 Å². The summed E-state index contributed by atoms with van der Waals surface area (Å²) in [6.07, 6.45) is 3.92. The Kier molecular flexibility index (Phi) is 3.71. The van der Waals surface area contributed by atoms with Crippen LogP contribution in [-0.2, 0) is 17.9 Å². The van der Waals surface area contributed by atoms with Crippen molar-refractivity contribution in [1.82, 2.24) is 25.0 Å². The molecule has 0 radical (unpaired) electrons. The first-order chi connectivity index (χ1) is 10.0. The lowest BCUT2D eigenvalue weighted by atomic mass is 9.90. The molecular formula is C14H24N6O. The molecule has 21 heavy (non-hydrogen) atoms. The molecule has 1 aromatic heterocycles. The Morgan fingerprint density at radius 2 is 2.29 bits per heavy atom. The van der Waals surface area contributed by atoms with Crippen molar-refractivity contribution < 1.29 is 4.79 Å². The van der Waals surface area contributed by atoms with Gasteiger partial charge in [0.25, 0.3) is 0 Å². The van der Waals surface area contributed by atoms with Crippen LogP contribution in [0.2, 0.25) is 0 Å². The SMILES string of the molecule is CC(C)NC(CN1CCn2cnnc2C1)(C(N)=O)C1CC1. The first kappa shape index (κ1) is 14.5. The number of nitrogens with one attached hydrogen (secondary N) is 1. The number of nitrogens with zero attached hydrogens (tertiary/aromatic N) is 4. The number of carbonyl (C=O) groups is 1. The third kappa shape index (κ3) is 2.80. The fraction of sp³-hybridized carbons (Fsp3) is 0.786. The first-order valence-electron chi connectivity index (χ1n) is 7.68. The third-order valence-electron chi connectivity index (χ3n) is 4.45. The van der Waals surface area contributed by atoms with E-state index in [0.717, 1.165) is 38.3 Å². The summed E-state index contributed by atoms with van der Waals surface area (Å²) in [5.41, 5.74) is 5.18. The summed E-state index contributed by atoms with van der Waals surface area (Å²) in [5, 5.41) is 11.5. The molecule has 1 saturated carbocycles. The van der Waals surface area contributed by atoms with Gasteiger partial charge in [0.15, 0.2) is 0 Å². The van der Waals surface area contributed by atoms with Gasteiger partial charge < -0.3 is 10.3 Å². The molecule has 116 valence electrons. The van der Waals surface area contributed by atoms with Crippen molar-refractivity contribution in [3.05, 3.63) is 12.2 Å².